The Balaban J connectivity index is 0.000000296. The number of hydrogen-bond donors (Lipinski definition) is 1. The number of hydrogen-bond acceptors (Lipinski definition) is 6. The van der Waals surface area contributed by atoms with Crippen molar-refractivity contribution in [2.45, 2.75) is 52.7 Å². The van der Waals surface area contributed by atoms with Crippen LogP contribution in [0.3, 0.4) is 0 Å². The van der Waals surface area contributed by atoms with Crippen molar-refractivity contribution < 1.29 is 19.1 Å². The number of ether oxygens (including phenoxy) is 2. The van der Waals surface area contributed by atoms with Crippen molar-refractivity contribution in [1.82, 2.24) is 20.0 Å². The molecule has 29 heavy (non-hydrogen) atoms. The van der Waals surface area contributed by atoms with E-state index in [0.29, 0.717) is 19.6 Å². The number of nitrogens with zero attached hydrogens (tertiary/aromatic N) is 3. The Bertz CT molecular complexity index is 561. The van der Waals surface area contributed by atoms with E-state index in [9.17, 15) is 9.59 Å². The van der Waals surface area contributed by atoms with Gasteiger partial charge in [-0.25, -0.2) is 9.59 Å². The van der Waals surface area contributed by atoms with Gasteiger partial charge in [-0.1, -0.05) is 5.92 Å². The molecule has 1 N–H and O–H groups in total. The monoisotopic (exact) mass is 410 g/mol. The van der Waals surface area contributed by atoms with Crippen molar-refractivity contribution >= 4 is 12.2 Å². The third kappa shape index (κ3) is 11.0. The van der Waals surface area contributed by atoms with Crippen molar-refractivity contribution in [2.24, 2.45) is 0 Å². The van der Waals surface area contributed by atoms with E-state index >= 15 is 0 Å². The van der Waals surface area contributed by atoms with Gasteiger partial charge in [0.25, 0.3) is 0 Å². The van der Waals surface area contributed by atoms with Crippen molar-refractivity contribution in [3.63, 3.8) is 0 Å². The standard InChI is InChI=1S/C12H20N2O2.C9H18N2O2/c1-5-6-13-7-9-14(10-8-13)11(15)16-12(2,3)4;1-9(2,3)13-8(12)11-6-4-10-5-7-11/h1H,6-10H2,2-4H3;10H,4-7H2,1-3H3. The maximum absolute atomic E-state index is 11.7. The summed E-state index contributed by atoms with van der Waals surface area (Å²) in [5.74, 6) is 2.61. The van der Waals surface area contributed by atoms with Crippen LogP contribution >= 0.6 is 0 Å². The molecule has 0 unspecified atom stereocenters. The Morgan fingerprint density at radius 3 is 1.62 bits per heavy atom. The molecule has 8 nitrogen and oxygen atoms in total. The van der Waals surface area contributed by atoms with Crippen LogP contribution in [0.5, 0.6) is 0 Å². The van der Waals surface area contributed by atoms with Gasteiger partial charge < -0.3 is 24.6 Å². The third-order valence-electron chi connectivity index (χ3n) is 4.11. The fourth-order valence-electron chi connectivity index (χ4n) is 2.72. The van der Waals surface area contributed by atoms with E-state index in [1.54, 1.807) is 9.80 Å². The third-order valence-corrected chi connectivity index (χ3v) is 4.11. The van der Waals surface area contributed by atoms with Gasteiger partial charge in [0.15, 0.2) is 0 Å². The van der Waals surface area contributed by atoms with Crippen molar-refractivity contribution in [2.75, 3.05) is 58.9 Å². The van der Waals surface area contributed by atoms with Gasteiger partial charge in [0.05, 0.1) is 6.54 Å². The van der Waals surface area contributed by atoms with Gasteiger partial charge in [0.2, 0.25) is 0 Å². The van der Waals surface area contributed by atoms with E-state index < -0.39 is 5.60 Å². The highest BCUT2D eigenvalue weighted by atomic mass is 16.6. The molecule has 2 amide bonds. The first kappa shape index (κ1) is 25.1. The number of carbonyl (C=O) groups excluding carboxylic acids is 2. The van der Waals surface area contributed by atoms with E-state index in [0.717, 1.165) is 39.3 Å². The van der Waals surface area contributed by atoms with E-state index in [4.69, 9.17) is 15.9 Å². The van der Waals surface area contributed by atoms with Gasteiger partial charge in [0.1, 0.15) is 11.2 Å². The van der Waals surface area contributed by atoms with E-state index in [2.05, 4.69) is 16.1 Å². The summed E-state index contributed by atoms with van der Waals surface area (Å²) in [6.45, 7) is 18.2. The molecular formula is C21H38N4O4. The van der Waals surface area contributed by atoms with Crippen LogP contribution in [-0.4, -0.2) is 97.0 Å². The first-order valence-corrected chi connectivity index (χ1v) is 10.2. The molecule has 2 aliphatic rings. The fourth-order valence-corrected chi connectivity index (χ4v) is 2.72. The van der Waals surface area contributed by atoms with Crippen LogP contribution in [0.2, 0.25) is 0 Å². The summed E-state index contributed by atoms with van der Waals surface area (Å²) >= 11 is 0. The smallest absolute Gasteiger partial charge is 0.410 e. The normalized spacial score (nSPS) is 18.2. The topological polar surface area (TPSA) is 74.4 Å². The molecule has 0 atom stereocenters. The lowest BCUT2D eigenvalue weighted by atomic mass is 10.2. The average Bonchev–Trinajstić information content (AvgIpc) is 2.61. The fraction of sp³-hybridized carbons (Fsp3) is 0.810. The van der Waals surface area contributed by atoms with Crippen molar-refractivity contribution in [1.29, 1.82) is 0 Å². The molecule has 166 valence electrons. The van der Waals surface area contributed by atoms with Crippen LogP contribution in [0.15, 0.2) is 0 Å². The lowest BCUT2D eigenvalue weighted by Gasteiger charge is -2.34. The summed E-state index contributed by atoms with van der Waals surface area (Å²) in [6, 6.07) is 0. The van der Waals surface area contributed by atoms with Gasteiger partial charge in [-0.05, 0) is 41.5 Å². The van der Waals surface area contributed by atoms with E-state index in [1.165, 1.54) is 0 Å². The van der Waals surface area contributed by atoms with Crippen LogP contribution in [0.4, 0.5) is 9.59 Å². The maximum atomic E-state index is 11.7. The Morgan fingerprint density at radius 1 is 0.828 bits per heavy atom. The van der Waals surface area contributed by atoms with Gasteiger partial charge in [-0.3, -0.25) is 4.90 Å². The Kier molecular flexibility index (Phi) is 9.74. The van der Waals surface area contributed by atoms with Gasteiger partial charge in [-0.15, -0.1) is 6.42 Å². The second-order valence-electron chi connectivity index (χ2n) is 9.17. The minimum absolute atomic E-state index is 0.200. The number of carbonyl (C=O) groups is 2. The second-order valence-corrected chi connectivity index (χ2v) is 9.17. The summed E-state index contributed by atoms with van der Waals surface area (Å²) in [6.07, 6.45) is 4.81. The molecule has 2 heterocycles. The zero-order valence-electron chi connectivity index (χ0n) is 18.9. The lowest BCUT2D eigenvalue weighted by Crippen LogP contribution is -2.49. The summed E-state index contributed by atoms with van der Waals surface area (Å²) in [5.41, 5.74) is -0.811. The molecule has 2 fully saturated rings. The minimum atomic E-state index is -0.424. The van der Waals surface area contributed by atoms with E-state index in [-0.39, 0.29) is 17.8 Å². The van der Waals surface area contributed by atoms with Gasteiger partial charge in [-0.2, -0.15) is 0 Å². The molecule has 0 aliphatic carbocycles. The number of terminal acetylenes is 1. The molecule has 0 aromatic rings. The van der Waals surface area contributed by atoms with Crippen LogP contribution in [0, 0.1) is 12.3 Å². The first-order chi connectivity index (χ1) is 13.4. The molecule has 0 spiro atoms. The molecular weight excluding hydrogens is 372 g/mol. The molecule has 0 saturated carbocycles. The van der Waals surface area contributed by atoms with Gasteiger partial charge >= 0.3 is 12.2 Å². The lowest BCUT2D eigenvalue weighted by molar-refractivity contribution is 0.0154. The molecule has 2 aliphatic heterocycles. The Hall–Kier alpha value is -1.98. The Morgan fingerprint density at radius 2 is 1.24 bits per heavy atom. The zero-order valence-corrected chi connectivity index (χ0v) is 18.9. The highest BCUT2D eigenvalue weighted by molar-refractivity contribution is 5.68. The molecule has 2 saturated heterocycles. The number of nitrogens with one attached hydrogen (secondary N) is 1. The summed E-state index contributed by atoms with van der Waals surface area (Å²) in [4.78, 5) is 28.8. The highest BCUT2D eigenvalue weighted by Gasteiger charge is 2.25. The van der Waals surface area contributed by atoms with Crippen LogP contribution < -0.4 is 5.32 Å². The maximum Gasteiger partial charge on any atom is 0.410 e. The van der Waals surface area contributed by atoms with Gasteiger partial charge in [0, 0.05) is 52.4 Å². The summed E-state index contributed by atoms with van der Waals surface area (Å²) < 4.78 is 10.5. The highest BCUT2D eigenvalue weighted by Crippen LogP contribution is 2.12. The van der Waals surface area contributed by atoms with Crippen LogP contribution in [-0.2, 0) is 9.47 Å². The van der Waals surface area contributed by atoms with Crippen LogP contribution in [0.25, 0.3) is 0 Å². The molecule has 0 aromatic heterocycles. The number of piperazine rings is 2. The van der Waals surface area contributed by atoms with Crippen molar-refractivity contribution in [3.05, 3.63) is 0 Å². The molecule has 0 aromatic carbocycles. The second kappa shape index (κ2) is 11.3. The molecule has 0 radical (unpaired) electrons. The van der Waals surface area contributed by atoms with Crippen LogP contribution in [0.1, 0.15) is 41.5 Å². The molecule has 0 bridgehead atoms. The predicted molar refractivity (Wildman–Crippen MR) is 114 cm³/mol. The van der Waals surface area contributed by atoms with Crippen molar-refractivity contribution in [3.8, 4) is 12.3 Å². The Labute approximate surface area is 175 Å². The largest absolute Gasteiger partial charge is 0.444 e. The quantitative estimate of drug-likeness (QED) is 0.667. The molecule has 2 rings (SSSR count). The summed E-state index contributed by atoms with van der Waals surface area (Å²) in [5, 5.41) is 3.18. The number of rotatable bonds is 1. The number of amides is 2. The SMILES string of the molecule is C#CCN1CCN(C(=O)OC(C)(C)C)CC1.CC(C)(C)OC(=O)N1CCNCC1. The molecule has 8 heteroatoms. The minimum Gasteiger partial charge on any atom is -0.444 e. The predicted octanol–water partition coefficient (Wildman–Crippen LogP) is 2.00. The van der Waals surface area contributed by atoms with E-state index in [1.807, 2.05) is 41.5 Å². The summed E-state index contributed by atoms with van der Waals surface area (Å²) in [7, 11) is 0. The first-order valence-electron chi connectivity index (χ1n) is 10.2. The average molecular weight is 411 g/mol. The zero-order chi connectivity index (χ0) is 22.1.